The number of nitrogens with two attached hydrogens (primary N) is 1. The fourth-order valence-electron chi connectivity index (χ4n) is 2.28. The number of benzene rings is 1. The van der Waals surface area contributed by atoms with E-state index in [9.17, 15) is 0 Å². The Bertz CT molecular complexity index is 726. The molecule has 2 aromatic heterocycles. The molecule has 0 bridgehead atoms. The number of fused-ring (bicyclic) bond motifs is 1. The van der Waals surface area contributed by atoms with E-state index < -0.39 is 0 Å². The van der Waals surface area contributed by atoms with Gasteiger partial charge in [0.1, 0.15) is 5.65 Å². The zero-order chi connectivity index (χ0) is 12.7. The normalized spacial score (nSPS) is 11.0. The number of aryl methyl sites for hydroxylation is 2. The Morgan fingerprint density at radius 2 is 1.94 bits per heavy atom. The maximum atomic E-state index is 5.84. The van der Waals surface area contributed by atoms with Gasteiger partial charge in [-0.2, -0.15) is 0 Å². The van der Waals surface area contributed by atoms with E-state index in [4.69, 9.17) is 10.7 Å². The number of hydrogen-bond donors (Lipinski definition) is 1. The fourth-order valence-corrected chi connectivity index (χ4v) is 2.28. The van der Waals surface area contributed by atoms with Crippen LogP contribution >= 0.6 is 0 Å². The summed E-state index contributed by atoms with van der Waals surface area (Å²) in [6, 6.07) is 12.0. The van der Waals surface area contributed by atoms with Crippen molar-refractivity contribution in [2.75, 3.05) is 5.73 Å². The Balaban J connectivity index is 2.30. The molecule has 3 rings (SSSR count). The molecule has 0 radical (unpaired) electrons. The van der Waals surface area contributed by atoms with Crippen LogP contribution in [-0.2, 0) is 0 Å². The molecule has 0 amide bonds. The number of aromatic nitrogens is 2. The quantitative estimate of drug-likeness (QED) is 0.660. The van der Waals surface area contributed by atoms with Gasteiger partial charge in [0.15, 0.2) is 0 Å². The van der Waals surface area contributed by atoms with Gasteiger partial charge < -0.3 is 10.1 Å². The van der Waals surface area contributed by atoms with Crippen LogP contribution in [-0.4, -0.2) is 9.38 Å². The van der Waals surface area contributed by atoms with E-state index in [0.29, 0.717) is 0 Å². The molecule has 18 heavy (non-hydrogen) atoms. The highest BCUT2D eigenvalue weighted by Gasteiger charge is 2.11. The molecular weight excluding hydrogens is 222 g/mol. The van der Waals surface area contributed by atoms with E-state index >= 15 is 0 Å². The SMILES string of the molecule is Cc1cccn2c(C)c(-c3cccc(N)c3)nc12. The summed E-state index contributed by atoms with van der Waals surface area (Å²) in [5.41, 5.74) is 12.0. The maximum absolute atomic E-state index is 5.84. The Morgan fingerprint density at radius 1 is 1.11 bits per heavy atom. The molecule has 0 spiro atoms. The zero-order valence-corrected chi connectivity index (χ0v) is 10.5. The first kappa shape index (κ1) is 10.8. The minimum atomic E-state index is 0.765. The summed E-state index contributed by atoms with van der Waals surface area (Å²) < 4.78 is 2.12. The van der Waals surface area contributed by atoms with E-state index in [0.717, 1.165) is 28.3 Å². The van der Waals surface area contributed by atoms with Gasteiger partial charge in [0.25, 0.3) is 0 Å². The van der Waals surface area contributed by atoms with Gasteiger partial charge in [-0.05, 0) is 37.6 Å². The monoisotopic (exact) mass is 237 g/mol. The molecule has 2 N–H and O–H groups in total. The Hall–Kier alpha value is -2.29. The lowest BCUT2D eigenvalue weighted by atomic mass is 10.1. The van der Waals surface area contributed by atoms with Crippen LogP contribution in [0.5, 0.6) is 0 Å². The Kier molecular flexibility index (Phi) is 2.33. The molecule has 0 aliphatic rings. The van der Waals surface area contributed by atoms with Gasteiger partial charge >= 0.3 is 0 Å². The summed E-state index contributed by atoms with van der Waals surface area (Å²) in [6.45, 7) is 4.16. The van der Waals surface area contributed by atoms with Crippen molar-refractivity contribution < 1.29 is 0 Å². The van der Waals surface area contributed by atoms with Gasteiger partial charge in [0.05, 0.1) is 5.69 Å². The summed E-state index contributed by atoms with van der Waals surface area (Å²) in [7, 11) is 0. The number of rotatable bonds is 1. The van der Waals surface area contributed by atoms with Crippen LogP contribution in [0.15, 0.2) is 42.6 Å². The molecule has 3 heteroatoms. The smallest absolute Gasteiger partial charge is 0.140 e. The topological polar surface area (TPSA) is 43.3 Å². The molecule has 3 aromatic rings. The van der Waals surface area contributed by atoms with Crippen molar-refractivity contribution >= 4 is 11.3 Å². The van der Waals surface area contributed by atoms with Crippen LogP contribution in [0, 0.1) is 13.8 Å². The number of nitrogens with zero attached hydrogens (tertiary/aromatic N) is 2. The van der Waals surface area contributed by atoms with Crippen LogP contribution in [0.4, 0.5) is 5.69 Å². The van der Waals surface area contributed by atoms with Crippen molar-refractivity contribution in [3.63, 3.8) is 0 Å². The lowest BCUT2D eigenvalue weighted by Gasteiger charge is -2.00. The third-order valence-corrected chi connectivity index (χ3v) is 3.24. The summed E-state index contributed by atoms with van der Waals surface area (Å²) in [4.78, 5) is 4.73. The highest BCUT2D eigenvalue weighted by atomic mass is 15.0. The molecule has 90 valence electrons. The third-order valence-electron chi connectivity index (χ3n) is 3.24. The van der Waals surface area contributed by atoms with Gasteiger partial charge in [-0.15, -0.1) is 0 Å². The Morgan fingerprint density at radius 3 is 2.67 bits per heavy atom. The van der Waals surface area contributed by atoms with E-state index in [1.165, 1.54) is 5.56 Å². The van der Waals surface area contributed by atoms with Crippen LogP contribution in [0.3, 0.4) is 0 Å². The molecule has 0 saturated heterocycles. The molecule has 3 nitrogen and oxygen atoms in total. The number of anilines is 1. The van der Waals surface area contributed by atoms with Crippen molar-refractivity contribution in [2.45, 2.75) is 13.8 Å². The van der Waals surface area contributed by atoms with Gasteiger partial charge in [-0.25, -0.2) is 4.98 Å². The number of nitrogen functional groups attached to an aromatic ring is 1. The molecular formula is C15H15N3. The molecule has 2 heterocycles. The second kappa shape index (κ2) is 3.88. The minimum Gasteiger partial charge on any atom is -0.399 e. The molecule has 0 unspecified atom stereocenters. The summed E-state index contributed by atoms with van der Waals surface area (Å²) >= 11 is 0. The predicted molar refractivity (Wildman–Crippen MR) is 74.5 cm³/mol. The van der Waals surface area contributed by atoms with Crippen molar-refractivity contribution in [1.82, 2.24) is 9.38 Å². The van der Waals surface area contributed by atoms with Crippen LogP contribution < -0.4 is 5.73 Å². The summed E-state index contributed by atoms with van der Waals surface area (Å²) in [6.07, 6.45) is 2.04. The number of hydrogen-bond acceptors (Lipinski definition) is 2. The van der Waals surface area contributed by atoms with Gasteiger partial charge in [-0.3, -0.25) is 0 Å². The first-order valence-corrected chi connectivity index (χ1v) is 5.97. The summed E-state index contributed by atoms with van der Waals surface area (Å²) in [5.74, 6) is 0. The third kappa shape index (κ3) is 1.56. The van der Waals surface area contributed by atoms with E-state index in [2.05, 4.69) is 24.3 Å². The number of imidazole rings is 1. The zero-order valence-electron chi connectivity index (χ0n) is 10.5. The van der Waals surface area contributed by atoms with Crippen molar-refractivity contribution in [3.8, 4) is 11.3 Å². The van der Waals surface area contributed by atoms with E-state index in [1.54, 1.807) is 0 Å². The van der Waals surface area contributed by atoms with Gasteiger partial charge in [0.2, 0.25) is 0 Å². The molecule has 0 fully saturated rings. The fraction of sp³-hybridized carbons (Fsp3) is 0.133. The molecule has 1 aromatic carbocycles. The first-order valence-electron chi connectivity index (χ1n) is 5.97. The lowest BCUT2D eigenvalue weighted by molar-refractivity contribution is 1.10. The lowest BCUT2D eigenvalue weighted by Crippen LogP contribution is -1.89. The summed E-state index contributed by atoms with van der Waals surface area (Å²) in [5, 5.41) is 0. The van der Waals surface area contributed by atoms with Gasteiger partial charge in [-0.1, -0.05) is 18.2 Å². The first-order chi connectivity index (χ1) is 8.66. The molecule has 0 atom stereocenters. The molecule has 0 aliphatic heterocycles. The molecule has 0 aliphatic carbocycles. The van der Waals surface area contributed by atoms with Crippen molar-refractivity contribution in [2.24, 2.45) is 0 Å². The average Bonchev–Trinajstić information content (AvgIpc) is 2.69. The average molecular weight is 237 g/mol. The van der Waals surface area contributed by atoms with Crippen LogP contribution in [0.2, 0.25) is 0 Å². The highest BCUT2D eigenvalue weighted by Crippen LogP contribution is 2.26. The predicted octanol–water partition coefficient (Wildman–Crippen LogP) is 3.20. The van der Waals surface area contributed by atoms with Gasteiger partial charge in [0, 0.05) is 23.1 Å². The van der Waals surface area contributed by atoms with Crippen LogP contribution in [0.25, 0.3) is 16.9 Å². The Labute approximate surface area is 106 Å². The molecule has 0 saturated carbocycles. The maximum Gasteiger partial charge on any atom is 0.140 e. The second-order valence-corrected chi connectivity index (χ2v) is 4.56. The minimum absolute atomic E-state index is 0.765. The van der Waals surface area contributed by atoms with E-state index in [1.807, 2.05) is 36.5 Å². The standard InChI is InChI=1S/C15H15N3/c1-10-5-4-8-18-11(2)14(17-15(10)18)12-6-3-7-13(16)9-12/h3-9H,16H2,1-2H3. The highest BCUT2D eigenvalue weighted by molar-refractivity contribution is 5.70. The largest absolute Gasteiger partial charge is 0.399 e. The van der Waals surface area contributed by atoms with Crippen LogP contribution in [0.1, 0.15) is 11.3 Å². The second-order valence-electron chi connectivity index (χ2n) is 4.56. The van der Waals surface area contributed by atoms with Crippen molar-refractivity contribution in [1.29, 1.82) is 0 Å². The van der Waals surface area contributed by atoms with E-state index in [-0.39, 0.29) is 0 Å². The van der Waals surface area contributed by atoms with Crippen molar-refractivity contribution in [3.05, 3.63) is 53.9 Å². The number of pyridine rings is 1.